The van der Waals surface area contributed by atoms with Crippen LogP contribution in [0.5, 0.6) is 5.75 Å². The summed E-state index contributed by atoms with van der Waals surface area (Å²) in [5.74, 6) is -3.18. The average molecular weight is 576 g/mol. The number of hydrogen-bond donors (Lipinski definition) is 2. The van der Waals surface area contributed by atoms with Crippen molar-refractivity contribution in [2.45, 2.75) is 55.6 Å². The van der Waals surface area contributed by atoms with E-state index in [9.17, 15) is 28.3 Å². The molecular weight excluding hydrogens is 540 g/mol. The summed E-state index contributed by atoms with van der Waals surface area (Å²) in [4.78, 5) is 40.6. The van der Waals surface area contributed by atoms with Gasteiger partial charge in [0, 0.05) is 43.4 Å². The lowest BCUT2D eigenvalue weighted by molar-refractivity contribution is -0.131. The minimum Gasteiger partial charge on any atom is -0.506 e. The molecule has 0 aliphatic heterocycles. The molecule has 0 atom stereocenters. The number of halogens is 2. The van der Waals surface area contributed by atoms with E-state index < -0.39 is 12.0 Å². The molecule has 40 heavy (non-hydrogen) atoms. The zero-order chi connectivity index (χ0) is 29.1. The molecular formula is C29H35F2N3O5S. The quantitative estimate of drug-likeness (QED) is 0.143. The molecule has 2 N–H and O–H groups in total. The topological polar surface area (TPSA) is 99.2 Å². The van der Waals surface area contributed by atoms with Crippen LogP contribution in [0.25, 0.3) is 0 Å². The fraction of sp³-hybridized carbons (Fsp3) is 0.414. The highest BCUT2D eigenvalue weighted by Gasteiger charge is 2.38. The molecule has 3 amide bonds. The summed E-state index contributed by atoms with van der Waals surface area (Å²) in [6.45, 7) is 4.08. The Morgan fingerprint density at radius 1 is 1.15 bits per heavy atom. The molecule has 2 aromatic rings. The molecule has 0 unspecified atom stereocenters. The van der Waals surface area contributed by atoms with Crippen molar-refractivity contribution in [2.75, 3.05) is 31.2 Å². The first-order chi connectivity index (χ1) is 19.2. The SMILES string of the molecule is C=CC(=O)N(CCN(CCc1ccc(O)c(NC=O)c1SC)C(=O)OCc1ccccc1)C1CCC(F)(F)CC1. The Hall–Kier alpha value is -3.60. The number of carbonyl (C=O) groups excluding carboxylic acids is 3. The number of benzene rings is 2. The first kappa shape index (κ1) is 30.9. The normalized spacial score (nSPS) is 14.7. The molecule has 216 valence electrons. The van der Waals surface area contributed by atoms with E-state index in [1.165, 1.54) is 27.6 Å². The molecule has 1 aliphatic rings. The van der Waals surface area contributed by atoms with Gasteiger partial charge in [0.15, 0.2) is 0 Å². The standard InChI is InChI=1S/C29H35F2N3O5S/c1-3-25(37)34(23-11-14-29(30,31)15-12-23)18-17-33(28(38)39-19-21-7-5-4-6-8-21)16-13-22-9-10-24(36)26(32-20-35)27(22)40-2/h3-10,20,23,36H,1,11-19H2,2H3,(H,32,35). The lowest BCUT2D eigenvalue weighted by atomic mass is 9.91. The first-order valence-electron chi connectivity index (χ1n) is 13.0. The number of nitrogens with zero attached hydrogens (tertiary/aromatic N) is 2. The third-order valence-electron chi connectivity index (χ3n) is 6.93. The Labute approximate surface area is 237 Å². The van der Waals surface area contributed by atoms with Gasteiger partial charge in [-0.15, -0.1) is 11.8 Å². The number of nitrogens with one attached hydrogen (secondary N) is 1. The summed E-state index contributed by atoms with van der Waals surface area (Å²) in [6.07, 6.45) is 2.99. The van der Waals surface area contributed by atoms with E-state index in [1.807, 2.05) is 36.6 Å². The number of carbonyl (C=O) groups is 3. The first-order valence-corrected chi connectivity index (χ1v) is 14.3. The third kappa shape index (κ3) is 8.45. The summed E-state index contributed by atoms with van der Waals surface area (Å²) < 4.78 is 33.1. The number of hydrogen-bond acceptors (Lipinski definition) is 6. The Kier molecular flexibility index (Phi) is 11.4. The van der Waals surface area contributed by atoms with Crippen LogP contribution in [0.4, 0.5) is 19.3 Å². The van der Waals surface area contributed by atoms with Gasteiger partial charge in [-0.25, -0.2) is 13.6 Å². The van der Waals surface area contributed by atoms with Crippen LogP contribution >= 0.6 is 11.8 Å². The van der Waals surface area contributed by atoms with Gasteiger partial charge < -0.3 is 25.0 Å². The molecule has 0 spiro atoms. The second-order valence-corrected chi connectivity index (χ2v) is 10.3. The number of phenols is 1. The molecule has 8 nitrogen and oxygen atoms in total. The number of anilines is 1. The van der Waals surface area contributed by atoms with E-state index in [4.69, 9.17) is 4.74 Å². The van der Waals surface area contributed by atoms with Gasteiger partial charge in [0.2, 0.25) is 18.2 Å². The fourth-order valence-electron chi connectivity index (χ4n) is 4.76. The van der Waals surface area contributed by atoms with Crippen molar-refractivity contribution in [3.63, 3.8) is 0 Å². The Bertz CT molecular complexity index is 1170. The summed E-state index contributed by atoms with van der Waals surface area (Å²) in [5, 5.41) is 12.7. The van der Waals surface area contributed by atoms with Gasteiger partial charge >= 0.3 is 6.09 Å². The van der Waals surface area contributed by atoms with Crippen LogP contribution in [0.15, 0.2) is 60.0 Å². The van der Waals surface area contributed by atoms with Gasteiger partial charge in [-0.1, -0.05) is 43.0 Å². The van der Waals surface area contributed by atoms with Crippen molar-refractivity contribution in [1.29, 1.82) is 0 Å². The molecule has 0 radical (unpaired) electrons. The number of aromatic hydroxyl groups is 1. The molecule has 2 aromatic carbocycles. The van der Waals surface area contributed by atoms with E-state index in [0.29, 0.717) is 17.7 Å². The van der Waals surface area contributed by atoms with Crippen LogP contribution in [-0.2, 0) is 27.4 Å². The van der Waals surface area contributed by atoms with Crippen molar-refractivity contribution < 1.29 is 33.0 Å². The lowest BCUT2D eigenvalue weighted by Crippen LogP contribution is -2.48. The van der Waals surface area contributed by atoms with E-state index in [2.05, 4.69) is 11.9 Å². The molecule has 0 heterocycles. The van der Waals surface area contributed by atoms with Crippen molar-refractivity contribution in [2.24, 2.45) is 0 Å². The van der Waals surface area contributed by atoms with Gasteiger partial charge in [-0.05, 0) is 48.8 Å². The number of alkyl halides is 2. The van der Waals surface area contributed by atoms with E-state index in [1.54, 1.807) is 6.07 Å². The lowest BCUT2D eigenvalue weighted by Gasteiger charge is -2.37. The highest BCUT2D eigenvalue weighted by Crippen LogP contribution is 2.37. The highest BCUT2D eigenvalue weighted by molar-refractivity contribution is 7.98. The van der Waals surface area contributed by atoms with Crippen molar-refractivity contribution in [1.82, 2.24) is 9.80 Å². The van der Waals surface area contributed by atoms with Gasteiger partial charge in [0.05, 0.1) is 5.69 Å². The fourth-order valence-corrected chi connectivity index (χ4v) is 5.56. The molecule has 1 aliphatic carbocycles. The maximum absolute atomic E-state index is 13.8. The van der Waals surface area contributed by atoms with Crippen molar-refractivity contribution in [3.05, 3.63) is 66.2 Å². The minimum atomic E-state index is -2.73. The monoisotopic (exact) mass is 575 g/mol. The summed E-state index contributed by atoms with van der Waals surface area (Å²) in [5.41, 5.74) is 1.90. The second-order valence-electron chi connectivity index (χ2n) is 9.51. The molecule has 3 rings (SSSR count). The zero-order valence-corrected chi connectivity index (χ0v) is 23.3. The van der Waals surface area contributed by atoms with Gasteiger partial charge in [-0.2, -0.15) is 0 Å². The van der Waals surface area contributed by atoms with Crippen LogP contribution in [0, 0.1) is 0 Å². The number of amides is 3. The molecule has 1 saturated carbocycles. The largest absolute Gasteiger partial charge is 0.506 e. The number of rotatable bonds is 13. The molecule has 1 fully saturated rings. The predicted octanol–water partition coefficient (Wildman–Crippen LogP) is 5.46. The summed E-state index contributed by atoms with van der Waals surface area (Å²) in [7, 11) is 0. The van der Waals surface area contributed by atoms with Gasteiger partial charge in [-0.3, -0.25) is 9.59 Å². The van der Waals surface area contributed by atoms with E-state index in [-0.39, 0.29) is 75.3 Å². The molecule has 0 bridgehead atoms. The maximum atomic E-state index is 13.8. The average Bonchev–Trinajstić information content (AvgIpc) is 2.95. The van der Waals surface area contributed by atoms with Crippen LogP contribution in [0.1, 0.15) is 36.8 Å². The van der Waals surface area contributed by atoms with Crippen molar-refractivity contribution in [3.8, 4) is 5.75 Å². The van der Waals surface area contributed by atoms with Crippen molar-refractivity contribution >= 4 is 35.9 Å². The minimum absolute atomic E-state index is 0.0614. The van der Waals surface area contributed by atoms with Crippen LogP contribution < -0.4 is 5.32 Å². The van der Waals surface area contributed by atoms with Gasteiger partial charge in [0.25, 0.3) is 0 Å². The number of ether oxygens (including phenoxy) is 1. The predicted molar refractivity (Wildman–Crippen MR) is 151 cm³/mol. The number of phenolic OH excluding ortho intramolecular Hbond substituents is 1. The Balaban J connectivity index is 1.77. The summed E-state index contributed by atoms with van der Waals surface area (Å²) in [6, 6.07) is 12.0. The smallest absolute Gasteiger partial charge is 0.410 e. The molecule has 0 aromatic heterocycles. The van der Waals surface area contributed by atoms with Crippen LogP contribution in [-0.4, -0.2) is 71.2 Å². The van der Waals surface area contributed by atoms with E-state index >= 15 is 0 Å². The highest BCUT2D eigenvalue weighted by atomic mass is 32.2. The maximum Gasteiger partial charge on any atom is 0.410 e. The molecule has 11 heteroatoms. The van der Waals surface area contributed by atoms with Crippen LogP contribution in [0.3, 0.4) is 0 Å². The molecule has 0 saturated heterocycles. The Morgan fingerprint density at radius 3 is 2.48 bits per heavy atom. The zero-order valence-electron chi connectivity index (χ0n) is 22.5. The van der Waals surface area contributed by atoms with E-state index in [0.717, 1.165) is 17.2 Å². The van der Waals surface area contributed by atoms with Gasteiger partial charge in [0.1, 0.15) is 12.4 Å². The third-order valence-corrected chi connectivity index (χ3v) is 7.81. The summed E-state index contributed by atoms with van der Waals surface area (Å²) >= 11 is 1.35. The second kappa shape index (κ2) is 14.7. The number of thioether (sulfide) groups is 1. The Morgan fingerprint density at radius 2 is 1.85 bits per heavy atom. The van der Waals surface area contributed by atoms with Crippen LogP contribution in [0.2, 0.25) is 0 Å².